The second-order valence-electron chi connectivity index (χ2n) is 4.30. The van der Waals surface area contributed by atoms with E-state index < -0.39 is 0 Å². The first-order valence-electron chi connectivity index (χ1n) is 5.77. The third-order valence-electron chi connectivity index (χ3n) is 2.39. The Labute approximate surface area is 86.1 Å². The SMILES string of the molecule is CCCCCCC[CH2][Zn][CH](C)C. The summed E-state index contributed by atoms with van der Waals surface area (Å²) in [5.41, 5.74) is 0. The predicted molar refractivity (Wildman–Crippen MR) is 53.3 cm³/mol. The van der Waals surface area contributed by atoms with E-state index in [4.69, 9.17) is 0 Å². The summed E-state index contributed by atoms with van der Waals surface area (Å²) in [5.74, 6) is 0. The van der Waals surface area contributed by atoms with Crippen molar-refractivity contribution in [3.8, 4) is 0 Å². The van der Waals surface area contributed by atoms with Gasteiger partial charge in [0.15, 0.2) is 0 Å². The Morgan fingerprint density at radius 2 is 1.50 bits per heavy atom. The maximum absolute atomic E-state index is 2.40. The van der Waals surface area contributed by atoms with E-state index in [1.165, 1.54) is 32.1 Å². The van der Waals surface area contributed by atoms with Crippen LogP contribution in [0, 0.1) is 0 Å². The molecule has 0 spiro atoms. The topological polar surface area (TPSA) is 0 Å². The molecule has 0 fully saturated rings. The summed E-state index contributed by atoms with van der Waals surface area (Å²) in [6.45, 7) is 7.09. The molecule has 0 atom stereocenters. The van der Waals surface area contributed by atoms with Gasteiger partial charge in [-0.25, -0.2) is 0 Å². The van der Waals surface area contributed by atoms with Gasteiger partial charge in [0.1, 0.15) is 0 Å². The van der Waals surface area contributed by atoms with Gasteiger partial charge in [-0.15, -0.1) is 0 Å². The molecule has 0 aromatic carbocycles. The Morgan fingerprint density at radius 1 is 0.917 bits per heavy atom. The third kappa shape index (κ3) is 10.6. The molecule has 0 aliphatic rings. The van der Waals surface area contributed by atoms with Crippen LogP contribution in [0.25, 0.3) is 0 Å². The molecule has 12 heavy (non-hydrogen) atoms. The van der Waals surface area contributed by atoms with E-state index in [1.807, 2.05) is 0 Å². The van der Waals surface area contributed by atoms with Crippen molar-refractivity contribution in [2.24, 2.45) is 0 Å². The first-order chi connectivity index (χ1) is 5.77. The molecule has 0 heterocycles. The molecule has 70 valence electrons. The van der Waals surface area contributed by atoms with Crippen LogP contribution in [-0.2, 0) is 17.1 Å². The first-order valence-corrected chi connectivity index (χ1v) is 9.58. The molecule has 1 heteroatoms. The van der Waals surface area contributed by atoms with E-state index in [1.54, 1.807) is 11.4 Å². The van der Waals surface area contributed by atoms with Crippen LogP contribution in [0.1, 0.15) is 59.3 Å². The number of unbranched alkanes of at least 4 members (excludes halogenated alkanes) is 5. The molecule has 0 nitrogen and oxygen atoms in total. The molecule has 0 N–H and O–H groups in total. The van der Waals surface area contributed by atoms with Crippen LogP contribution < -0.4 is 0 Å². The molecule has 0 aromatic rings. The molecule has 0 rings (SSSR count). The van der Waals surface area contributed by atoms with E-state index in [-0.39, 0.29) is 17.1 Å². The van der Waals surface area contributed by atoms with Crippen LogP contribution in [0.5, 0.6) is 0 Å². The van der Waals surface area contributed by atoms with Crippen LogP contribution >= 0.6 is 0 Å². The standard InChI is InChI=1S/C8H17.C3H7.Zn/c1-3-5-7-8-6-4-2;1-3-2;/h1,3-8H2,2H3;3H,1-2H3;. The summed E-state index contributed by atoms with van der Waals surface area (Å²) in [7, 11) is 0. The van der Waals surface area contributed by atoms with Gasteiger partial charge in [-0.05, 0) is 0 Å². The summed E-state index contributed by atoms with van der Waals surface area (Å²) in [5, 5.41) is 1.64. The van der Waals surface area contributed by atoms with Crippen molar-refractivity contribution >= 4 is 0 Å². The Bertz CT molecular complexity index is 79.1. The van der Waals surface area contributed by atoms with E-state index in [0.29, 0.717) is 0 Å². The van der Waals surface area contributed by atoms with Crippen LogP contribution in [0.3, 0.4) is 0 Å². The Hall–Kier alpha value is 0.623. The molecule has 0 amide bonds. The van der Waals surface area contributed by atoms with E-state index in [0.717, 1.165) is 4.51 Å². The molecular weight excluding hydrogens is 198 g/mol. The fraction of sp³-hybridized carbons (Fsp3) is 1.00. The van der Waals surface area contributed by atoms with E-state index >= 15 is 0 Å². The molecule has 0 saturated heterocycles. The second-order valence-corrected chi connectivity index (χ2v) is 10.4. The Kier molecular flexibility index (Phi) is 10.2. The van der Waals surface area contributed by atoms with Crippen LogP contribution in [-0.4, -0.2) is 0 Å². The average molecular weight is 222 g/mol. The Balaban J connectivity index is 2.82. The quantitative estimate of drug-likeness (QED) is 0.413. The van der Waals surface area contributed by atoms with Crippen LogP contribution in [0.15, 0.2) is 0 Å². The molecular formula is C11H24Zn. The van der Waals surface area contributed by atoms with Crippen molar-refractivity contribution < 1.29 is 17.1 Å². The molecule has 0 aliphatic heterocycles. The molecule has 0 aliphatic carbocycles. The summed E-state index contributed by atoms with van der Waals surface area (Å²) >= 11 is -0.0846. The van der Waals surface area contributed by atoms with Crippen molar-refractivity contribution in [3.05, 3.63) is 0 Å². The minimum absolute atomic E-state index is 0.0846. The second kappa shape index (κ2) is 9.71. The molecule has 0 aromatic heterocycles. The fourth-order valence-corrected chi connectivity index (χ4v) is 4.57. The summed E-state index contributed by atoms with van der Waals surface area (Å²) in [4.78, 5) is 0. The maximum atomic E-state index is 2.40. The van der Waals surface area contributed by atoms with Gasteiger partial charge in [0.05, 0.1) is 0 Å². The average Bonchev–Trinajstić information content (AvgIpc) is 2.02. The van der Waals surface area contributed by atoms with Gasteiger partial charge in [0.25, 0.3) is 0 Å². The summed E-state index contributed by atoms with van der Waals surface area (Å²) < 4.78 is 1.09. The molecule has 0 bridgehead atoms. The van der Waals surface area contributed by atoms with Crippen molar-refractivity contribution in [1.29, 1.82) is 0 Å². The Morgan fingerprint density at radius 3 is 2.08 bits per heavy atom. The van der Waals surface area contributed by atoms with Gasteiger partial charge < -0.3 is 0 Å². The van der Waals surface area contributed by atoms with Crippen LogP contribution in [0.4, 0.5) is 0 Å². The summed E-state index contributed by atoms with van der Waals surface area (Å²) in [6.07, 6.45) is 8.86. The monoisotopic (exact) mass is 220 g/mol. The van der Waals surface area contributed by atoms with E-state index in [2.05, 4.69) is 20.8 Å². The van der Waals surface area contributed by atoms with Gasteiger partial charge in [-0.3, -0.25) is 0 Å². The van der Waals surface area contributed by atoms with Crippen molar-refractivity contribution in [2.75, 3.05) is 0 Å². The molecule has 0 unspecified atom stereocenters. The number of hydrogen-bond donors (Lipinski definition) is 0. The predicted octanol–water partition coefficient (Wildman–Crippen LogP) is 4.68. The van der Waals surface area contributed by atoms with Crippen molar-refractivity contribution in [1.82, 2.24) is 0 Å². The van der Waals surface area contributed by atoms with Gasteiger partial charge in [0.2, 0.25) is 0 Å². The summed E-state index contributed by atoms with van der Waals surface area (Å²) in [6, 6.07) is 0. The fourth-order valence-electron chi connectivity index (χ4n) is 1.51. The molecule has 0 saturated carbocycles. The number of rotatable bonds is 8. The van der Waals surface area contributed by atoms with Gasteiger partial charge >= 0.3 is 86.0 Å². The van der Waals surface area contributed by atoms with Crippen molar-refractivity contribution in [2.45, 2.75) is 68.8 Å². The molecule has 0 radical (unpaired) electrons. The normalized spacial score (nSPS) is 10.3. The van der Waals surface area contributed by atoms with Crippen molar-refractivity contribution in [3.63, 3.8) is 0 Å². The third-order valence-corrected chi connectivity index (χ3v) is 6.71. The van der Waals surface area contributed by atoms with E-state index in [9.17, 15) is 0 Å². The van der Waals surface area contributed by atoms with Crippen LogP contribution in [0.2, 0.25) is 9.53 Å². The van der Waals surface area contributed by atoms with Gasteiger partial charge in [-0.2, -0.15) is 0 Å². The zero-order chi connectivity index (χ0) is 9.23. The number of hydrogen-bond acceptors (Lipinski definition) is 0. The zero-order valence-electron chi connectivity index (χ0n) is 9.23. The zero-order valence-corrected chi connectivity index (χ0v) is 12.2. The first kappa shape index (κ1) is 12.6. The van der Waals surface area contributed by atoms with Gasteiger partial charge in [0, 0.05) is 0 Å². The minimum atomic E-state index is -0.0846. The van der Waals surface area contributed by atoms with Gasteiger partial charge in [-0.1, -0.05) is 0 Å².